The molecule has 0 spiro atoms. The lowest BCUT2D eigenvalue weighted by atomic mass is 10.1. The van der Waals surface area contributed by atoms with Crippen molar-refractivity contribution >= 4 is 38.1 Å². The van der Waals surface area contributed by atoms with Crippen molar-refractivity contribution in [3.05, 3.63) is 55.5 Å². The highest BCUT2D eigenvalue weighted by Gasteiger charge is 2.17. The van der Waals surface area contributed by atoms with E-state index >= 15 is 0 Å². The first-order chi connectivity index (χ1) is 14.2. The lowest BCUT2D eigenvalue weighted by molar-refractivity contribution is -0.0782. The maximum atomic E-state index is 11.1. The van der Waals surface area contributed by atoms with Crippen LogP contribution in [0, 0.1) is 0 Å². The Morgan fingerprint density at radius 3 is 1.97 bits per heavy atom. The molecule has 0 saturated heterocycles. The van der Waals surface area contributed by atoms with Crippen LogP contribution in [-0.2, 0) is 17.8 Å². The largest absolute Gasteiger partial charge is 0.507 e. The number of aliphatic hydroxyl groups excluding tert-OH is 1. The number of phenols is 2. The molecule has 7 nitrogen and oxygen atoms in total. The van der Waals surface area contributed by atoms with E-state index in [4.69, 9.17) is 4.74 Å². The van der Waals surface area contributed by atoms with E-state index in [1.165, 1.54) is 7.11 Å². The molecule has 0 aliphatic heterocycles. The third kappa shape index (κ3) is 6.50. The second-order valence-corrected chi connectivity index (χ2v) is 9.02. The predicted molar refractivity (Wildman–Crippen MR) is 122 cm³/mol. The lowest BCUT2D eigenvalue weighted by Gasteiger charge is -2.24. The van der Waals surface area contributed by atoms with Crippen LogP contribution >= 0.6 is 31.9 Å². The van der Waals surface area contributed by atoms with Gasteiger partial charge in [0.25, 0.3) is 0 Å². The number of ether oxygens (including phenoxy) is 1. The molecule has 0 saturated carbocycles. The van der Waals surface area contributed by atoms with Crippen LogP contribution in [0.1, 0.15) is 33.3 Å². The van der Waals surface area contributed by atoms with Gasteiger partial charge in [-0.3, -0.25) is 4.79 Å². The van der Waals surface area contributed by atoms with Gasteiger partial charge in [-0.2, -0.15) is 0 Å². The van der Waals surface area contributed by atoms with Crippen LogP contribution < -0.4 is 0 Å². The van der Waals surface area contributed by atoms with Crippen molar-refractivity contribution in [2.75, 3.05) is 34.3 Å². The molecule has 0 aromatic heterocycles. The van der Waals surface area contributed by atoms with Crippen molar-refractivity contribution in [1.29, 1.82) is 0 Å². The van der Waals surface area contributed by atoms with E-state index in [-0.39, 0.29) is 17.1 Å². The Hall–Kier alpha value is -1.49. The summed E-state index contributed by atoms with van der Waals surface area (Å²) in [5.41, 5.74) is 1.90. The summed E-state index contributed by atoms with van der Waals surface area (Å²) in [5.74, 6) is 0.00454. The minimum absolute atomic E-state index is 0.00306. The van der Waals surface area contributed by atoms with Gasteiger partial charge in [0.05, 0.1) is 11.1 Å². The molecular weight excluding hydrogens is 520 g/mol. The van der Waals surface area contributed by atoms with Crippen LogP contribution in [0.25, 0.3) is 0 Å². The first kappa shape index (κ1) is 24.8. The number of likely N-dealkylation sites (N-methyl/N-ethyl adjacent to an activating group) is 2. The summed E-state index contributed by atoms with van der Waals surface area (Å²) in [6.45, 7) is 2.34. The number of aldehydes is 1. The summed E-state index contributed by atoms with van der Waals surface area (Å²) in [4.78, 5) is 15.2. The number of rotatable bonds is 10. The summed E-state index contributed by atoms with van der Waals surface area (Å²) in [5, 5.41) is 30.6. The molecule has 0 unspecified atom stereocenters. The van der Waals surface area contributed by atoms with Gasteiger partial charge in [0, 0.05) is 53.4 Å². The Morgan fingerprint density at radius 2 is 1.47 bits per heavy atom. The molecule has 2 rings (SSSR count). The van der Waals surface area contributed by atoms with Crippen LogP contribution in [0.5, 0.6) is 11.5 Å². The Kier molecular flexibility index (Phi) is 9.27. The van der Waals surface area contributed by atoms with Gasteiger partial charge in [-0.25, -0.2) is 0 Å². The van der Waals surface area contributed by atoms with Crippen molar-refractivity contribution in [3.8, 4) is 11.5 Å². The fourth-order valence-electron chi connectivity index (χ4n) is 3.08. The number of methoxy groups -OCH3 is 1. The molecule has 1 atom stereocenters. The van der Waals surface area contributed by atoms with E-state index < -0.39 is 6.29 Å². The minimum Gasteiger partial charge on any atom is -0.507 e. The van der Waals surface area contributed by atoms with Crippen LogP contribution in [0.2, 0.25) is 0 Å². The Bertz CT molecular complexity index is 894. The second-order valence-electron chi connectivity index (χ2n) is 7.19. The molecule has 2 aromatic rings. The number of aromatic hydroxyl groups is 2. The van der Waals surface area contributed by atoms with Gasteiger partial charge in [-0.15, -0.1) is 0 Å². The standard InChI is InChI=1S/C21H26Br2N2O5/c1-24(10-13-6-16(22)8-15(12-26)19(13)27)4-5-25(2)11-14-7-17(23)9-18(20(14)28)21(29)30-3/h6-9,12,21,27-29H,4-5,10-11H2,1-3H3/t21-/m1/s1. The van der Waals surface area contributed by atoms with E-state index in [2.05, 4.69) is 31.9 Å². The number of aliphatic hydroxyl groups is 1. The van der Waals surface area contributed by atoms with Crippen molar-refractivity contribution < 1.29 is 24.9 Å². The fourth-order valence-corrected chi connectivity index (χ4v) is 4.13. The number of carbonyl (C=O) groups is 1. The predicted octanol–water partition coefficient (Wildman–Crippen LogP) is 3.64. The highest BCUT2D eigenvalue weighted by Crippen LogP contribution is 2.33. The average molecular weight is 546 g/mol. The first-order valence-corrected chi connectivity index (χ1v) is 10.8. The SMILES string of the molecule is CO[C@@H](O)c1cc(Br)cc(CN(C)CCN(C)Cc2cc(Br)cc(C=O)c2O)c1O. The van der Waals surface area contributed by atoms with E-state index in [0.717, 1.165) is 8.95 Å². The molecular formula is C21H26Br2N2O5. The van der Waals surface area contributed by atoms with Gasteiger partial charge >= 0.3 is 0 Å². The van der Waals surface area contributed by atoms with Gasteiger partial charge in [0.15, 0.2) is 12.6 Å². The fraction of sp³-hybridized carbons (Fsp3) is 0.381. The Labute approximate surface area is 193 Å². The molecule has 2 aromatic carbocycles. The maximum Gasteiger partial charge on any atom is 0.184 e. The molecule has 0 aliphatic carbocycles. The van der Waals surface area contributed by atoms with E-state index in [1.807, 2.05) is 30.0 Å². The van der Waals surface area contributed by atoms with E-state index in [1.54, 1.807) is 18.2 Å². The highest BCUT2D eigenvalue weighted by atomic mass is 79.9. The van der Waals surface area contributed by atoms with Crippen molar-refractivity contribution in [3.63, 3.8) is 0 Å². The van der Waals surface area contributed by atoms with Crippen LogP contribution in [-0.4, -0.2) is 65.7 Å². The molecule has 0 amide bonds. The first-order valence-electron chi connectivity index (χ1n) is 9.22. The molecule has 0 fully saturated rings. The van der Waals surface area contributed by atoms with E-state index in [0.29, 0.717) is 49.2 Å². The maximum absolute atomic E-state index is 11.1. The number of benzene rings is 2. The number of halogens is 2. The number of nitrogens with zero attached hydrogens (tertiary/aromatic N) is 2. The Balaban J connectivity index is 2.00. The zero-order chi connectivity index (χ0) is 22.4. The molecule has 3 N–H and O–H groups in total. The van der Waals surface area contributed by atoms with Crippen molar-refractivity contribution in [2.24, 2.45) is 0 Å². The zero-order valence-electron chi connectivity index (χ0n) is 17.1. The summed E-state index contributed by atoms with van der Waals surface area (Å²) < 4.78 is 6.39. The van der Waals surface area contributed by atoms with Gasteiger partial charge in [0.1, 0.15) is 11.5 Å². The lowest BCUT2D eigenvalue weighted by Crippen LogP contribution is -2.30. The average Bonchev–Trinajstić information content (AvgIpc) is 2.70. The van der Waals surface area contributed by atoms with Gasteiger partial charge in [-0.1, -0.05) is 31.9 Å². The van der Waals surface area contributed by atoms with Gasteiger partial charge in [0.2, 0.25) is 0 Å². The normalized spacial score (nSPS) is 12.5. The minimum atomic E-state index is -1.20. The molecule has 9 heteroatoms. The number of carbonyl (C=O) groups excluding carboxylic acids is 1. The third-order valence-electron chi connectivity index (χ3n) is 4.73. The summed E-state index contributed by atoms with van der Waals surface area (Å²) in [6, 6.07) is 6.81. The summed E-state index contributed by atoms with van der Waals surface area (Å²) in [7, 11) is 5.23. The van der Waals surface area contributed by atoms with Gasteiger partial charge < -0.3 is 29.9 Å². The van der Waals surface area contributed by atoms with Crippen LogP contribution in [0.3, 0.4) is 0 Å². The molecule has 0 heterocycles. The molecule has 164 valence electrons. The van der Waals surface area contributed by atoms with Crippen molar-refractivity contribution in [1.82, 2.24) is 9.80 Å². The van der Waals surface area contributed by atoms with Crippen LogP contribution in [0.4, 0.5) is 0 Å². The summed E-state index contributed by atoms with van der Waals surface area (Å²) >= 11 is 6.76. The molecule has 0 aliphatic rings. The quantitative estimate of drug-likeness (QED) is 0.310. The Morgan fingerprint density at radius 1 is 0.967 bits per heavy atom. The van der Waals surface area contributed by atoms with Crippen molar-refractivity contribution in [2.45, 2.75) is 19.4 Å². The summed E-state index contributed by atoms with van der Waals surface area (Å²) in [6.07, 6.45) is -0.566. The monoisotopic (exact) mass is 544 g/mol. The van der Waals surface area contributed by atoms with E-state index in [9.17, 15) is 20.1 Å². The number of hydrogen-bond acceptors (Lipinski definition) is 7. The number of phenolic OH excluding ortho intramolecular Hbond substituents is 2. The highest BCUT2D eigenvalue weighted by molar-refractivity contribution is 9.10. The third-order valence-corrected chi connectivity index (χ3v) is 5.64. The molecule has 30 heavy (non-hydrogen) atoms. The second kappa shape index (κ2) is 11.2. The smallest absolute Gasteiger partial charge is 0.184 e. The zero-order valence-corrected chi connectivity index (χ0v) is 20.3. The topological polar surface area (TPSA) is 93.5 Å². The molecule has 0 bridgehead atoms. The van der Waals surface area contributed by atoms with Crippen LogP contribution in [0.15, 0.2) is 33.2 Å². The molecule has 0 radical (unpaired) electrons. The van der Waals surface area contributed by atoms with Gasteiger partial charge in [-0.05, 0) is 38.4 Å². The number of hydrogen-bond donors (Lipinski definition) is 3.